The van der Waals surface area contributed by atoms with Gasteiger partial charge in [0.25, 0.3) is 0 Å². The molecule has 0 spiro atoms. The molecule has 2 aromatic rings. The molecule has 0 aliphatic rings. The summed E-state index contributed by atoms with van der Waals surface area (Å²) in [5.41, 5.74) is 2.74. The second-order valence-corrected chi connectivity index (χ2v) is 11.8. The molecule has 29 heavy (non-hydrogen) atoms. The summed E-state index contributed by atoms with van der Waals surface area (Å²) >= 11 is 0. The molecule has 2 rings (SSSR count). The normalized spacial score (nSPS) is 9.72. The van der Waals surface area contributed by atoms with Gasteiger partial charge >= 0.3 is 0 Å². The summed E-state index contributed by atoms with van der Waals surface area (Å²) in [7, 11) is -1.40. The van der Waals surface area contributed by atoms with Crippen LogP contribution in [-0.4, -0.2) is 40.9 Å². The Balaban J connectivity index is -0.000000360. The number of hydrogen-bond donors (Lipinski definition) is 0. The van der Waals surface area contributed by atoms with Crippen LogP contribution in [-0.2, 0) is 24.6 Å². The Morgan fingerprint density at radius 1 is 0.586 bits per heavy atom. The van der Waals surface area contributed by atoms with Gasteiger partial charge in [0, 0.05) is 40.9 Å². The minimum atomic E-state index is -2.15. The molecule has 0 aliphatic carbocycles. The predicted octanol–water partition coefficient (Wildman–Crippen LogP) is 7.67. The maximum Gasteiger partial charge on any atom is 0.196 e. The fourth-order valence-corrected chi connectivity index (χ4v) is 1.43. The van der Waals surface area contributed by atoms with Gasteiger partial charge in [0.1, 0.15) is 0 Å². The zero-order valence-electron chi connectivity index (χ0n) is 20.0. The van der Waals surface area contributed by atoms with E-state index in [2.05, 4.69) is 69.7 Å². The molecule has 0 bridgehead atoms. The molecule has 0 N–H and O–H groups in total. The van der Waals surface area contributed by atoms with E-state index in [4.69, 9.17) is 0 Å². The lowest BCUT2D eigenvalue weighted by atomic mass is 10.1. The fraction of sp³-hybridized carbons (Fsp3) is 0.478. The van der Waals surface area contributed by atoms with Gasteiger partial charge in [-0.1, -0.05) is 88.4 Å². The van der Waals surface area contributed by atoms with Gasteiger partial charge in [0.2, 0.25) is 0 Å². The van der Waals surface area contributed by atoms with Crippen LogP contribution in [0.3, 0.4) is 0 Å². The topological polar surface area (TPSA) is 52.6 Å². The van der Waals surface area contributed by atoms with Crippen molar-refractivity contribution in [3.8, 4) is 0 Å². The van der Waals surface area contributed by atoms with Gasteiger partial charge in [0.05, 0.1) is 0 Å². The lowest BCUT2D eigenvalue weighted by Gasteiger charge is -2.00. The van der Waals surface area contributed by atoms with Crippen LogP contribution in [0.15, 0.2) is 60.7 Å². The Kier molecular flexibility index (Phi) is 22.5. The largest absolute Gasteiger partial charge is 0.332 e. The first kappa shape index (κ1) is 32.5. The van der Waals surface area contributed by atoms with Crippen molar-refractivity contribution in [1.29, 1.82) is 0 Å². The molecule has 6 heteroatoms. The van der Waals surface area contributed by atoms with Crippen molar-refractivity contribution in [2.75, 3.05) is 40.9 Å². The van der Waals surface area contributed by atoms with E-state index in [1.165, 1.54) is 25.3 Å². The molecule has 0 heterocycles. The van der Waals surface area contributed by atoms with Gasteiger partial charge < -0.3 is 9.05 Å². The van der Waals surface area contributed by atoms with Gasteiger partial charge in [-0.3, -0.25) is 9.13 Å². The molecule has 0 aliphatic heterocycles. The van der Waals surface area contributed by atoms with Gasteiger partial charge in [0.15, 0.2) is 14.7 Å². The van der Waals surface area contributed by atoms with Crippen LogP contribution in [0.5, 0.6) is 0 Å². The quantitative estimate of drug-likeness (QED) is 0.454. The Bertz CT molecular complexity index is 602. The third-order valence-electron chi connectivity index (χ3n) is 2.97. The average molecular weight is 445 g/mol. The molecule has 0 unspecified atom stereocenters. The maximum absolute atomic E-state index is 10.4. The van der Waals surface area contributed by atoms with Gasteiger partial charge in [-0.05, 0) is 17.5 Å². The van der Waals surface area contributed by atoms with E-state index < -0.39 is 14.7 Å². The Labute approximate surface area is 180 Å². The molecule has 0 saturated carbocycles. The standard InChI is InChI=1S/C13H12.2C3H9O2P.2C2H6/c1-3-7-12(8-4-1)11-13-9-5-2-6-10-13;2*1-5-6(2,3)4;2*1-2/h1-10H,11H2;2*1-3H3;2*1-2H3. The summed E-state index contributed by atoms with van der Waals surface area (Å²) < 4.78 is 29.7. The summed E-state index contributed by atoms with van der Waals surface area (Å²) in [5, 5.41) is 0. The Morgan fingerprint density at radius 2 is 0.793 bits per heavy atom. The molecule has 0 saturated heterocycles. The minimum Gasteiger partial charge on any atom is -0.332 e. The number of hydrogen-bond acceptors (Lipinski definition) is 4. The van der Waals surface area contributed by atoms with Crippen molar-refractivity contribution in [1.82, 2.24) is 0 Å². The first-order valence-electron chi connectivity index (χ1n) is 9.86. The van der Waals surface area contributed by atoms with Crippen molar-refractivity contribution < 1.29 is 18.2 Å². The molecule has 0 atom stereocenters. The molecule has 0 aromatic heterocycles. The predicted molar refractivity (Wildman–Crippen MR) is 131 cm³/mol. The van der Waals surface area contributed by atoms with Gasteiger partial charge in [-0.2, -0.15) is 0 Å². The van der Waals surface area contributed by atoms with E-state index in [1.54, 1.807) is 26.7 Å². The van der Waals surface area contributed by atoms with Crippen LogP contribution in [0.2, 0.25) is 0 Å². The average Bonchev–Trinajstić information content (AvgIpc) is 2.72. The summed E-state index contributed by atoms with van der Waals surface area (Å²) in [6, 6.07) is 21.1. The van der Waals surface area contributed by atoms with E-state index in [-0.39, 0.29) is 0 Å². The Morgan fingerprint density at radius 3 is 0.966 bits per heavy atom. The van der Waals surface area contributed by atoms with E-state index >= 15 is 0 Å². The number of rotatable bonds is 4. The molecule has 0 amide bonds. The van der Waals surface area contributed by atoms with Crippen LogP contribution >= 0.6 is 14.7 Å². The highest BCUT2D eigenvalue weighted by molar-refractivity contribution is 7.57. The van der Waals surface area contributed by atoms with E-state index in [0.717, 1.165) is 6.42 Å². The highest BCUT2D eigenvalue weighted by Gasteiger charge is 1.99. The minimum absolute atomic E-state index is 1.03. The monoisotopic (exact) mass is 444 g/mol. The van der Waals surface area contributed by atoms with E-state index in [1.807, 2.05) is 27.7 Å². The SMILES string of the molecule is CC.CC.COP(C)(C)=O.COP(C)(C)=O.c1ccc(Cc2ccccc2)cc1. The molecule has 168 valence electrons. The fourth-order valence-electron chi connectivity index (χ4n) is 1.43. The van der Waals surface area contributed by atoms with Crippen LogP contribution in [0.4, 0.5) is 0 Å². The Hall–Kier alpha value is -1.18. The van der Waals surface area contributed by atoms with Crippen molar-refractivity contribution in [3.05, 3.63) is 71.8 Å². The van der Waals surface area contributed by atoms with Crippen molar-refractivity contribution in [3.63, 3.8) is 0 Å². The second-order valence-electron chi connectivity index (χ2n) is 6.02. The van der Waals surface area contributed by atoms with Crippen LogP contribution in [0, 0.1) is 0 Å². The first-order chi connectivity index (χ1) is 13.6. The van der Waals surface area contributed by atoms with E-state index in [0.29, 0.717) is 0 Å². The molecular weight excluding hydrogens is 402 g/mol. The number of benzene rings is 2. The summed E-state index contributed by atoms with van der Waals surface area (Å²) in [4.78, 5) is 0. The molecule has 0 radical (unpaired) electrons. The molecule has 0 fully saturated rings. The summed E-state index contributed by atoms with van der Waals surface area (Å²) in [6.45, 7) is 14.3. The van der Waals surface area contributed by atoms with Gasteiger partial charge in [-0.25, -0.2) is 0 Å². The lowest BCUT2D eigenvalue weighted by molar-refractivity contribution is 0.403. The zero-order valence-corrected chi connectivity index (χ0v) is 21.8. The van der Waals surface area contributed by atoms with E-state index in [9.17, 15) is 9.13 Å². The molecule has 4 nitrogen and oxygen atoms in total. The first-order valence-corrected chi connectivity index (χ1v) is 14.9. The van der Waals surface area contributed by atoms with Gasteiger partial charge in [-0.15, -0.1) is 0 Å². The molecule has 2 aromatic carbocycles. The summed E-state index contributed by atoms with van der Waals surface area (Å²) in [5.74, 6) is 0. The highest BCUT2D eigenvalue weighted by Crippen LogP contribution is 2.35. The lowest BCUT2D eigenvalue weighted by Crippen LogP contribution is -1.85. The van der Waals surface area contributed by atoms with Crippen molar-refractivity contribution in [2.45, 2.75) is 34.1 Å². The smallest absolute Gasteiger partial charge is 0.196 e. The summed E-state index contributed by atoms with van der Waals surface area (Å²) in [6.07, 6.45) is 1.03. The zero-order chi connectivity index (χ0) is 23.3. The second kappa shape index (κ2) is 20.1. The van der Waals surface area contributed by atoms with Crippen molar-refractivity contribution >= 4 is 14.7 Å². The van der Waals surface area contributed by atoms with Crippen molar-refractivity contribution in [2.24, 2.45) is 0 Å². The third-order valence-corrected chi connectivity index (χ3v) is 4.73. The van der Waals surface area contributed by atoms with Crippen LogP contribution in [0.1, 0.15) is 38.8 Å². The van der Waals surface area contributed by atoms with Crippen LogP contribution < -0.4 is 0 Å². The molecular formula is C23H42O4P2. The van der Waals surface area contributed by atoms with Crippen LogP contribution in [0.25, 0.3) is 0 Å². The maximum atomic E-state index is 10.4. The highest BCUT2D eigenvalue weighted by atomic mass is 31.2. The third kappa shape index (κ3) is 26.8.